The minimum absolute atomic E-state index is 0.145. The van der Waals surface area contributed by atoms with Crippen LogP contribution in [0.2, 0.25) is 0 Å². The molecule has 2 aromatic rings. The maximum atomic E-state index is 14.1. The van der Waals surface area contributed by atoms with Crippen molar-refractivity contribution >= 4 is 45.0 Å². The van der Waals surface area contributed by atoms with E-state index in [1.54, 1.807) is 31.1 Å². The molecule has 0 unspecified atom stereocenters. The van der Waals surface area contributed by atoms with Gasteiger partial charge in [-0.3, -0.25) is 19.6 Å². The molecule has 0 radical (unpaired) electrons. The second-order valence-electron chi connectivity index (χ2n) is 4.56. The molecule has 0 aliphatic heterocycles. The van der Waals surface area contributed by atoms with Gasteiger partial charge in [-0.1, -0.05) is 13.8 Å². The van der Waals surface area contributed by atoms with Crippen LogP contribution in [0.15, 0.2) is 16.6 Å². The number of aromatic nitrogens is 2. The van der Waals surface area contributed by atoms with Crippen molar-refractivity contribution < 1.29 is 14.0 Å². The van der Waals surface area contributed by atoms with Crippen LogP contribution in [0.1, 0.15) is 20.3 Å². The van der Waals surface area contributed by atoms with E-state index in [2.05, 4.69) is 26.3 Å². The highest BCUT2D eigenvalue weighted by Crippen LogP contribution is 2.30. The highest BCUT2D eigenvalue weighted by molar-refractivity contribution is 9.10. The Balaban J connectivity index is 0.00000127. The van der Waals surface area contributed by atoms with Crippen LogP contribution in [0, 0.1) is 5.82 Å². The largest absolute Gasteiger partial charge is 0.357 e. The molecule has 0 atom stereocenters. The van der Waals surface area contributed by atoms with E-state index in [1.165, 1.54) is 4.68 Å². The van der Waals surface area contributed by atoms with Crippen molar-refractivity contribution in [2.24, 2.45) is 7.05 Å². The summed E-state index contributed by atoms with van der Waals surface area (Å²) in [6.07, 6.45) is 0.498. The number of benzene rings is 1. The average Bonchev–Trinajstić information content (AvgIpc) is 2.88. The fraction of sp³-hybridized carbons (Fsp3) is 0.400. The summed E-state index contributed by atoms with van der Waals surface area (Å²) in [4.78, 5) is 23.2. The number of halogens is 2. The van der Waals surface area contributed by atoms with Crippen LogP contribution >= 0.6 is 15.9 Å². The lowest BCUT2D eigenvalue weighted by atomic mass is 10.2. The molecule has 0 fully saturated rings. The number of hydrogen-bond acceptors (Lipinski definition) is 4. The van der Waals surface area contributed by atoms with Crippen LogP contribution in [-0.4, -0.2) is 35.7 Å². The molecule has 0 saturated heterocycles. The Bertz CT molecular complexity index is 702. The SMILES string of the molecule is CC.CN(CCC(=O)NC=O)c1nn(C)c2c(F)c(Br)ccc12. The average molecular weight is 387 g/mol. The quantitative estimate of drug-likeness (QED) is 0.801. The Hall–Kier alpha value is -1.96. The maximum Gasteiger partial charge on any atom is 0.228 e. The van der Waals surface area contributed by atoms with E-state index >= 15 is 0 Å². The van der Waals surface area contributed by atoms with E-state index in [9.17, 15) is 14.0 Å². The molecule has 2 amide bonds. The monoisotopic (exact) mass is 386 g/mol. The topological polar surface area (TPSA) is 67.2 Å². The van der Waals surface area contributed by atoms with E-state index < -0.39 is 0 Å². The number of aryl methyl sites for hydroxylation is 1. The zero-order valence-corrected chi connectivity index (χ0v) is 15.1. The van der Waals surface area contributed by atoms with Crippen LogP contribution in [0.3, 0.4) is 0 Å². The molecule has 6 nitrogen and oxygen atoms in total. The smallest absolute Gasteiger partial charge is 0.228 e. The molecule has 0 saturated carbocycles. The van der Waals surface area contributed by atoms with Gasteiger partial charge in [0.05, 0.1) is 4.47 Å². The van der Waals surface area contributed by atoms with E-state index in [4.69, 9.17) is 0 Å². The molecule has 1 heterocycles. The Labute approximate surface area is 142 Å². The van der Waals surface area contributed by atoms with Crippen LogP contribution < -0.4 is 10.2 Å². The number of nitrogens with one attached hydrogen (secondary N) is 1. The van der Waals surface area contributed by atoms with Crippen LogP contribution in [0.25, 0.3) is 10.9 Å². The minimum atomic E-state index is -0.374. The van der Waals surface area contributed by atoms with Gasteiger partial charge in [0.25, 0.3) is 0 Å². The summed E-state index contributed by atoms with van der Waals surface area (Å²) in [7, 11) is 3.42. The molecule has 2 rings (SSSR count). The van der Waals surface area contributed by atoms with E-state index in [0.717, 1.165) is 0 Å². The van der Waals surface area contributed by atoms with E-state index in [1.807, 2.05) is 13.8 Å². The number of anilines is 1. The van der Waals surface area contributed by atoms with Crippen molar-refractivity contribution in [3.05, 3.63) is 22.4 Å². The van der Waals surface area contributed by atoms with Crippen LogP contribution in [0.5, 0.6) is 0 Å². The molecule has 8 heteroatoms. The Morgan fingerprint density at radius 1 is 1.48 bits per heavy atom. The lowest BCUT2D eigenvalue weighted by Gasteiger charge is -2.15. The molecule has 23 heavy (non-hydrogen) atoms. The van der Waals surface area contributed by atoms with Crippen molar-refractivity contribution in [2.45, 2.75) is 20.3 Å². The lowest BCUT2D eigenvalue weighted by molar-refractivity contribution is -0.125. The number of nitrogens with zero attached hydrogens (tertiary/aromatic N) is 3. The molecule has 126 valence electrons. The number of amides is 2. The number of rotatable bonds is 5. The third-order valence-corrected chi connectivity index (χ3v) is 3.75. The van der Waals surface area contributed by atoms with Crippen molar-refractivity contribution in [3.63, 3.8) is 0 Å². The molecule has 0 aliphatic rings. The standard InChI is InChI=1S/C13H14BrFN4O2.C2H6/c1-18(6-5-10(21)16-7-20)13-8-3-4-9(14)11(15)12(8)19(2)17-13;1-2/h3-4,7H,5-6H2,1-2H3,(H,16,20,21);1-2H3. The van der Waals surface area contributed by atoms with Gasteiger partial charge in [0.2, 0.25) is 12.3 Å². The first kappa shape index (κ1) is 19.1. The van der Waals surface area contributed by atoms with Crippen LogP contribution in [-0.2, 0) is 16.6 Å². The zero-order valence-electron chi connectivity index (χ0n) is 13.6. The van der Waals surface area contributed by atoms with Gasteiger partial charge in [-0.05, 0) is 28.1 Å². The number of carbonyl (C=O) groups excluding carboxylic acids is 2. The maximum absolute atomic E-state index is 14.1. The van der Waals surface area contributed by atoms with E-state index in [0.29, 0.717) is 34.1 Å². The van der Waals surface area contributed by atoms with E-state index in [-0.39, 0.29) is 18.1 Å². The minimum Gasteiger partial charge on any atom is -0.357 e. The number of hydrogen-bond donors (Lipinski definition) is 1. The van der Waals surface area contributed by atoms with Crippen molar-refractivity contribution in [2.75, 3.05) is 18.5 Å². The third kappa shape index (κ3) is 4.28. The van der Waals surface area contributed by atoms with Gasteiger partial charge in [-0.2, -0.15) is 5.10 Å². The Kier molecular flexibility index (Phi) is 7.15. The molecule has 0 spiro atoms. The van der Waals surface area contributed by atoms with Crippen LogP contribution in [0.4, 0.5) is 10.2 Å². The molecule has 1 aromatic carbocycles. The summed E-state index contributed by atoms with van der Waals surface area (Å²) in [6, 6.07) is 3.39. The molecule has 1 N–H and O–H groups in total. The van der Waals surface area contributed by atoms with Gasteiger partial charge in [-0.25, -0.2) is 4.39 Å². The number of imide groups is 1. The highest BCUT2D eigenvalue weighted by Gasteiger charge is 2.17. The Morgan fingerprint density at radius 3 is 2.74 bits per heavy atom. The first-order valence-corrected chi connectivity index (χ1v) is 8.00. The van der Waals surface area contributed by atoms with Crippen molar-refractivity contribution in [1.82, 2.24) is 15.1 Å². The molecule has 0 aliphatic carbocycles. The summed E-state index contributed by atoms with van der Waals surface area (Å²) >= 11 is 3.15. The summed E-state index contributed by atoms with van der Waals surface area (Å²) in [6.45, 7) is 4.36. The van der Waals surface area contributed by atoms with Gasteiger partial charge in [0, 0.05) is 32.4 Å². The summed E-state index contributed by atoms with van der Waals surface area (Å²) in [5, 5.41) is 7.03. The summed E-state index contributed by atoms with van der Waals surface area (Å²) in [5.41, 5.74) is 0.392. The molecule has 1 aromatic heterocycles. The number of carbonyl (C=O) groups is 2. The Morgan fingerprint density at radius 2 is 2.13 bits per heavy atom. The van der Waals surface area contributed by atoms with Gasteiger partial charge in [0.1, 0.15) is 5.52 Å². The number of fused-ring (bicyclic) bond motifs is 1. The first-order chi connectivity index (χ1) is 11.0. The van der Waals surface area contributed by atoms with Gasteiger partial charge < -0.3 is 4.90 Å². The fourth-order valence-corrected chi connectivity index (χ4v) is 2.40. The predicted molar refractivity (Wildman–Crippen MR) is 91.8 cm³/mol. The third-order valence-electron chi connectivity index (χ3n) is 3.13. The zero-order chi connectivity index (χ0) is 17.6. The second-order valence-corrected chi connectivity index (χ2v) is 5.42. The highest BCUT2D eigenvalue weighted by atomic mass is 79.9. The van der Waals surface area contributed by atoms with Gasteiger partial charge >= 0.3 is 0 Å². The first-order valence-electron chi connectivity index (χ1n) is 7.20. The molecular weight excluding hydrogens is 367 g/mol. The summed E-state index contributed by atoms with van der Waals surface area (Å²) in [5.74, 6) is -0.162. The van der Waals surface area contributed by atoms with Crippen molar-refractivity contribution in [1.29, 1.82) is 0 Å². The second kappa shape index (κ2) is 8.61. The van der Waals surface area contributed by atoms with Crippen molar-refractivity contribution in [3.8, 4) is 0 Å². The summed E-state index contributed by atoms with van der Waals surface area (Å²) < 4.78 is 16.0. The molecule has 0 bridgehead atoms. The lowest BCUT2D eigenvalue weighted by Crippen LogP contribution is -2.28. The fourth-order valence-electron chi connectivity index (χ4n) is 2.08. The molecular formula is C15H20BrFN4O2. The van der Waals surface area contributed by atoms with Gasteiger partial charge in [-0.15, -0.1) is 0 Å². The van der Waals surface area contributed by atoms with Gasteiger partial charge in [0.15, 0.2) is 11.6 Å². The predicted octanol–water partition coefficient (Wildman–Crippen LogP) is 2.60. The normalized spacial score (nSPS) is 10.0.